The molecule has 1 aromatic rings. The lowest BCUT2D eigenvalue weighted by atomic mass is 9.64. The van der Waals surface area contributed by atoms with Crippen LogP contribution in [0.15, 0.2) is 47.6 Å². The van der Waals surface area contributed by atoms with Gasteiger partial charge in [-0.15, -0.1) is 0 Å². The van der Waals surface area contributed by atoms with Gasteiger partial charge in [-0.1, -0.05) is 30.3 Å². The van der Waals surface area contributed by atoms with Crippen LogP contribution < -0.4 is 0 Å². The van der Waals surface area contributed by atoms with Crippen LogP contribution in [0.4, 0.5) is 0 Å². The lowest BCUT2D eigenvalue weighted by Gasteiger charge is -2.37. The van der Waals surface area contributed by atoms with Crippen LogP contribution in [-0.4, -0.2) is 35.2 Å². The number of esters is 1. The third-order valence-electron chi connectivity index (χ3n) is 5.06. The number of hydrogen-bond acceptors (Lipinski definition) is 6. The highest BCUT2D eigenvalue weighted by Crippen LogP contribution is 2.41. The van der Waals surface area contributed by atoms with Gasteiger partial charge in [0.2, 0.25) is 0 Å². The number of ether oxygens (including phenoxy) is 1. The third-order valence-corrected chi connectivity index (χ3v) is 5.06. The van der Waals surface area contributed by atoms with Crippen LogP contribution >= 0.6 is 0 Å². The van der Waals surface area contributed by atoms with Gasteiger partial charge in [-0.25, -0.2) is 0 Å². The van der Waals surface area contributed by atoms with Gasteiger partial charge in [-0.05, 0) is 12.5 Å². The smallest absolute Gasteiger partial charge is 0.303 e. The zero-order valence-corrected chi connectivity index (χ0v) is 13.9. The molecule has 0 saturated heterocycles. The Labute approximate surface area is 148 Å². The van der Waals surface area contributed by atoms with Gasteiger partial charge in [-0.3, -0.25) is 24.0 Å². The van der Waals surface area contributed by atoms with Crippen LogP contribution in [0.2, 0.25) is 0 Å². The number of carbonyl (C=O) groups is 5. The largest absolute Gasteiger partial charge is 0.458 e. The Morgan fingerprint density at radius 2 is 1.54 bits per heavy atom. The Morgan fingerprint density at radius 3 is 2.12 bits per heavy atom. The van der Waals surface area contributed by atoms with Gasteiger partial charge >= 0.3 is 5.97 Å². The molecular formula is C20H14O6. The second-order valence-electron chi connectivity index (χ2n) is 6.55. The predicted molar refractivity (Wildman–Crippen MR) is 88.4 cm³/mol. The van der Waals surface area contributed by atoms with E-state index in [9.17, 15) is 24.0 Å². The van der Waals surface area contributed by atoms with E-state index < -0.39 is 47.0 Å². The highest BCUT2D eigenvalue weighted by molar-refractivity contribution is 6.45. The van der Waals surface area contributed by atoms with Crippen LogP contribution in [-0.2, 0) is 19.1 Å². The summed E-state index contributed by atoms with van der Waals surface area (Å²) >= 11 is 0. The molecule has 3 aliphatic carbocycles. The van der Waals surface area contributed by atoms with Gasteiger partial charge < -0.3 is 4.74 Å². The standard InChI is InChI=1S/C20H14O6/c1-9(21)26-13-8-4-7-12-14(13)20(25)16-15(19(12)24)17(22)10-5-2-3-6-11(10)18(16)23/h2-6,8,12-14H,7H2,1H3/t12-,13-,14+/m1/s1. The van der Waals surface area contributed by atoms with Gasteiger partial charge in [-0.2, -0.15) is 0 Å². The zero-order chi connectivity index (χ0) is 18.6. The van der Waals surface area contributed by atoms with E-state index in [0.29, 0.717) is 0 Å². The van der Waals surface area contributed by atoms with Crippen LogP contribution in [0, 0.1) is 11.8 Å². The summed E-state index contributed by atoms with van der Waals surface area (Å²) in [5.74, 6) is -4.72. The quantitative estimate of drug-likeness (QED) is 0.434. The molecule has 0 bridgehead atoms. The Hall–Kier alpha value is -3.15. The van der Waals surface area contributed by atoms with E-state index in [4.69, 9.17) is 4.74 Å². The Balaban J connectivity index is 1.87. The minimum atomic E-state index is -0.975. The monoisotopic (exact) mass is 350 g/mol. The second-order valence-corrected chi connectivity index (χ2v) is 6.55. The van der Waals surface area contributed by atoms with Crippen molar-refractivity contribution in [3.8, 4) is 0 Å². The minimum Gasteiger partial charge on any atom is -0.458 e. The fraction of sp³-hybridized carbons (Fsp3) is 0.250. The first-order valence-electron chi connectivity index (χ1n) is 8.26. The van der Waals surface area contributed by atoms with E-state index in [-0.39, 0.29) is 28.7 Å². The van der Waals surface area contributed by atoms with Crippen molar-refractivity contribution < 1.29 is 28.7 Å². The molecule has 0 spiro atoms. The minimum absolute atomic E-state index is 0.117. The molecule has 0 amide bonds. The number of ketones is 4. The summed E-state index contributed by atoms with van der Waals surface area (Å²) < 4.78 is 5.17. The number of allylic oxidation sites excluding steroid dienone is 3. The highest BCUT2D eigenvalue weighted by Gasteiger charge is 2.53. The SMILES string of the molecule is CC(=O)O[C@@H]1C=CC[C@H]2C(=O)C3=C(C(=O)c4ccccc4C3=O)C(=O)[C@H]12. The average Bonchev–Trinajstić information content (AvgIpc) is 2.62. The van der Waals surface area contributed by atoms with E-state index in [2.05, 4.69) is 0 Å². The molecule has 130 valence electrons. The molecule has 0 aromatic heterocycles. The molecule has 6 nitrogen and oxygen atoms in total. The molecule has 0 fully saturated rings. The van der Waals surface area contributed by atoms with Gasteiger partial charge in [0.25, 0.3) is 0 Å². The molecule has 3 aliphatic rings. The summed E-state index contributed by atoms with van der Waals surface area (Å²) in [5.41, 5.74) is -0.436. The molecule has 0 saturated carbocycles. The van der Waals surface area contributed by atoms with E-state index >= 15 is 0 Å². The number of Topliss-reactive ketones (excluding diaryl/α,β-unsaturated/α-hetero) is 4. The number of benzene rings is 1. The fourth-order valence-electron chi connectivity index (χ4n) is 3.96. The van der Waals surface area contributed by atoms with Crippen molar-refractivity contribution in [3.05, 3.63) is 58.7 Å². The molecule has 0 unspecified atom stereocenters. The number of hydrogen-bond donors (Lipinski definition) is 0. The second kappa shape index (κ2) is 5.69. The fourth-order valence-corrected chi connectivity index (χ4v) is 3.96. The first-order chi connectivity index (χ1) is 12.4. The average molecular weight is 350 g/mol. The van der Waals surface area contributed by atoms with Crippen LogP contribution in [0.3, 0.4) is 0 Å². The lowest BCUT2D eigenvalue weighted by molar-refractivity contribution is -0.151. The van der Waals surface area contributed by atoms with Crippen molar-refractivity contribution in [2.24, 2.45) is 11.8 Å². The summed E-state index contributed by atoms with van der Waals surface area (Å²) in [4.78, 5) is 63.1. The first kappa shape index (κ1) is 16.3. The summed E-state index contributed by atoms with van der Waals surface area (Å²) in [7, 11) is 0. The third kappa shape index (κ3) is 2.15. The Morgan fingerprint density at radius 1 is 0.962 bits per heavy atom. The van der Waals surface area contributed by atoms with Crippen LogP contribution in [0.1, 0.15) is 34.1 Å². The molecule has 3 atom stereocenters. The summed E-state index contributed by atoms with van der Waals surface area (Å²) in [6.45, 7) is 1.21. The van der Waals surface area contributed by atoms with Crippen molar-refractivity contribution >= 4 is 29.1 Å². The maximum Gasteiger partial charge on any atom is 0.303 e. The van der Waals surface area contributed by atoms with E-state index in [1.807, 2.05) is 0 Å². The van der Waals surface area contributed by atoms with Crippen molar-refractivity contribution in [2.75, 3.05) is 0 Å². The molecule has 1 aromatic carbocycles. The summed E-state index contributed by atoms with van der Waals surface area (Å²) in [5, 5.41) is 0. The van der Waals surface area contributed by atoms with Crippen LogP contribution in [0.25, 0.3) is 0 Å². The molecular weight excluding hydrogens is 336 g/mol. The van der Waals surface area contributed by atoms with Crippen molar-refractivity contribution in [2.45, 2.75) is 19.4 Å². The highest BCUT2D eigenvalue weighted by atomic mass is 16.5. The van der Waals surface area contributed by atoms with E-state index in [0.717, 1.165) is 0 Å². The number of fused-ring (bicyclic) bond motifs is 2. The number of carbonyl (C=O) groups excluding carboxylic acids is 5. The van der Waals surface area contributed by atoms with Gasteiger partial charge in [0, 0.05) is 24.0 Å². The first-order valence-corrected chi connectivity index (χ1v) is 8.26. The van der Waals surface area contributed by atoms with E-state index in [1.165, 1.54) is 19.1 Å². The van der Waals surface area contributed by atoms with E-state index in [1.54, 1.807) is 24.3 Å². The maximum absolute atomic E-state index is 13.1. The zero-order valence-electron chi connectivity index (χ0n) is 13.9. The maximum atomic E-state index is 13.1. The normalized spacial score (nSPS) is 27.0. The lowest BCUT2D eigenvalue weighted by Crippen LogP contribution is -2.49. The molecule has 0 radical (unpaired) electrons. The van der Waals surface area contributed by atoms with Gasteiger partial charge in [0.15, 0.2) is 23.1 Å². The molecule has 4 rings (SSSR count). The molecule has 0 aliphatic heterocycles. The molecule has 26 heavy (non-hydrogen) atoms. The topological polar surface area (TPSA) is 94.6 Å². The number of rotatable bonds is 1. The van der Waals surface area contributed by atoms with Crippen LogP contribution in [0.5, 0.6) is 0 Å². The van der Waals surface area contributed by atoms with Crippen molar-refractivity contribution in [1.82, 2.24) is 0 Å². The van der Waals surface area contributed by atoms with Crippen molar-refractivity contribution in [1.29, 1.82) is 0 Å². The predicted octanol–water partition coefficient (Wildman–Crippen LogP) is 1.64. The molecule has 0 heterocycles. The molecule has 0 N–H and O–H groups in total. The Bertz CT molecular complexity index is 964. The van der Waals surface area contributed by atoms with Crippen molar-refractivity contribution in [3.63, 3.8) is 0 Å². The summed E-state index contributed by atoms with van der Waals surface area (Å²) in [6.07, 6.45) is 2.56. The van der Waals surface area contributed by atoms with Gasteiger partial charge in [0.1, 0.15) is 6.10 Å². The van der Waals surface area contributed by atoms with Gasteiger partial charge in [0.05, 0.1) is 17.1 Å². The summed E-state index contributed by atoms with van der Waals surface area (Å²) in [6, 6.07) is 6.14. The molecule has 6 heteroatoms. The Kier molecular flexibility index (Phi) is 3.57.